The van der Waals surface area contributed by atoms with E-state index in [4.69, 9.17) is 9.47 Å². The van der Waals surface area contributed by atoms with Gasteiger partial charge >= 0.3 is 0 Å². The highest BCUT2D eigenvalue weighted by Crippen LogP contribution is 2.26. The topological polar surface area (TPSA) is 18.5 Å². The van der Waals surface area contributed by atoms with Crippen molar-refractivity contribution in [3.8, 4) is 33.8 Å². The average molecular weight is 289 g/mol. The Labute approximate surface area is 131 Å². The van der Waals surface area contributed by atoms with Gasteiger partial charge in [-0.2, -0.15) is 0 Å². The van der Waals surface area contributed by atoms with Crippen LogP contribution < -0.4 is 9.47 Å². The third-order valence-electron chi connectivity index (χ3n) is 3.64. The standard InChI is InChI=1S/C20H17O2/c1-21-19-11-7-17(8-12-19)15-3-5-16(6-4-15)18-9-13-20(22-2)14-10-18/h3-5,7-14H,1-2H3. The molecule has 0 fully saturated rings. The highest BCUT2D eigenvalue weighted by Gasteiger charge is 2.02. The van der Waals surface area contributed by atoms with Crippen molar-refractivity contribution in [3.63, 3.8) is 0 Å². The summed E-state index contributed by atoms with van der Waals surface area (Å²) in [5.41, 5.74) is 4.49. The first kappa shape index (κ1) is 14.2. The molecule has 0 aliphatic carbocycles. The van der Waals surface area contributed by atoms with Gasteiger partial charge in [-0.05, 0) is 58.7 Å². The summed E-state index contributed by atoms with van der Waals surface area (Å²) in [6, 6.07) is 25.6. The third kappa shape index (κ3) is 2.96. The molecular weight excluding hydrogens is 272 g/mol. The summed E-state index contributed by atoms with van der Waals surface area (Å²) >= 11 is 0. The maximum atomic E-state index is 5.18. The molecule has 0 amide bonds. The maximum absolute atomic E-state index is 5.18. The lowest BCUT2D eigenvalue weighted by Gasteiger charge is -2.06. The molecule has 109 valence electrons. The fourth-order valence-corrected chi connectivity index (χ4v) is 2.34. The summed E-state index contributed by atoms with van der Waals surface area (Å²) in [5.74, 6) is 1.72. The summed E-state index contributed by atoms with van der Waals surface area (Å²) in [6.07, 6.45) is 0. The summed E-state index contributed by atoms with van der Waals surface area (Å²) < 4.78 is 10.4. The Morgan fingerprint density at radius 2 is 1.09 bits per heavy atom. The maximum Gasteiger partial charge on any atom is 0.118 e. The first-order valence-corrected chi connectivity index (χ1v) is 7.11. The van der Waals surface area contributed by atoms with E-state index in [0.717, 1.165) is 33.8 Å². The van der Waals surface area contributed by atoms with Crippen molar-refractivity contribution in [2.75, 3.05) is 14.2 Å². The Kier molecular flexibility index (Phi) is 4.10. The van der Waals surface area contributed by atoms with Crippen LogP contribution in [0.2, 0.25) is 0 Å². The lowest BCUT2D eigenvalue weighted by atomic mass is 10.0. The fraction of sp³-hybridized carbons (Fsp3) is 0.100. The lowest BCUT2D eigenvalue weighted by molar-refractivity contribution is 0.415. The molecule has 0 atom stereocenters. The number of benzene rings is 3. The quantitative estimate of drug-likeness (QED) is 0.684. The molecule has 0 aliphatic rings. The molecule has 0 bridgehead atoms. The van der Waals surface area contributed by atoms with Gasteiger partial charge in [-0.25, -0.2) is 0 Å². The van der Waals surface area contributed by atoms with E-state index in [1.807, 2.05) is 42.5 Å². The number of methoxy groups -OCH3 is 2. The third-order valence-corrected chi connectivity index (χ3v) is 3.64. The van der Waals surface area contributed by atoms with Gasteiger partial charge in [-0.3, -0.25) is 0 Å². The van der Waals surface area contributed by atoms with Gasteiger partial charge in [0.1, 0.15) is 11.5 Å². The van der Waals surface area contributed by atoms with Crippen molar-refractivity contribution in [2.45, 2.75) is 0 Å². The van der Waals surface area contributed by atoms with Crippen LogP contribution in [0.15, 0.2) is 66.7 Å². The van der Waals surface area contributed by atoms with Gasteiger partial charge in [0.05, 0.1) is 14.2 Å². The number of hydrogen-bond acceptors (Lipinski definition) is 2. The van der Waals surface area contributed by atoms with Crippen LogP contribution in [0.25, 0.3) is 22.3 Å². The van der Waals surface area contributed by atoms with E-state index >= 15 is 0 Å². The van der Waals surface area contributed by atoms with E-state index in [1.165, 1.54) is 0 Å². The number of rotatable bonds is 4. The Morgan fingerprint density at radius 3 is 1.55 bits per heavy atom. The van der Waals surface area contributed by atoms with Crippen molar-refractivity contribution in [2.24, 2.45) is 0 Å². The molecule has 0 unspecified atom stereocenters. The molecule has 0 aliphatic heterocycles. The lowest BCUT2D eigenvalue weighted by Crippen LogP contribution is -1.84. The fourth-order valence-electron chi connectivity index (χ4n) is 2.34. The van der Waals surface area contributed by atoms with E-state index in [-0.39, 0.29) is 0 Å². The highest BCUT2D eigenvalue weighted by atomic mass is 16.5. The van der Waals surface area contributed by atoms with Crippen molar-refractivity contribution >= 4 is 0 Å². The Balaban J connectivity index is 1.84. The van der Waals surface area contributed by atoms with Crippen molar-refractivity contribution in [1.29, 1.82) is 0 Å². The second-order valence-corrected chi connectivity index (χ2v) is 4.95. The van der Waals surface area contributed by atoms with E-state index in [2.05, 4.69) is 30.3 Å². The molecule has 2 nitrogen and oxygen atoms in total. The molecule has 0 spiro atoms. The second kappa shape index (κ2) is 6.35. The summed E-state index contributed by atoms with van der Waals surface area (Å²) in [6.45, 7) is 0. The molecule has 2 heteroatoms. The van der Waals surface area contributed by atoms with Crippen molar-refractivity contribution in [1.82, 2.24) is 0 Å². The van der Waals surface area contributed by atoms with Crippen LogP contribution in [0, 0.1) is 6.07 Å². The van der Waals surface area contributed by atoms with Crippen LogP contribution >= 0.6 is 0 Å². The van der Waals surface area contributed by atoms with Gasteiger partial charge in [-0.15, -0.1) is 0 Å². The molecular formula is C20H17O2. The second-order valence-electron chi connectivity index (χ2n) is 4.95. The van der Waals surface area contributed by atoms with Gasteiger partial charge in [0.2, 0.25) is 0 Å². The Morgan fingerprint density at radius 1 is 0.591 bits per heavy atom. The SMILES string of the molecule is COc1ccc(-c2[c]cc(-c3ccc(OC)cc3)cc2)cc1. The molecule has 3 aromatic rings. The predicted octanol–water partition coefficient (Wildman–Crippen LogP) is 4.84. The number of hydrogen-bond donors (Lipinski definition) is 0. The van der Waals surface area contributed by atoms with Crippen LogP contribution in [0.3, 0.4) is 0 Å². The van der Waals surface area contributed by atoms with Crippen LogP contribution in [-0.2, 0) is 0 Å². The normalized spacial score (nSPS) is 10.3. The van der Waals surface area contributed by atoms with Crippen molar-refractivity contribution < 1.29 is 9.47 Å². The van der Waals surface area contributed by atoms with Crippen LogP contribution in [-0.4, -0.2) is 14.2 Å². The van der Waals surface area contributed by atoms with E-state index < -0.39 is 0 Å². The molecule has 22 heavy (non-hydrogen) atoms. The molecule has 1 radical (unpaired) electrons. The van der Waals surface area contributed by atoms with Crippen LogP contribution in [0.5, 0.6) is 11.5 Å². The Bertz CT molecular complexity index is 660. The minimum Gasteiger partial charge on any atom is -0.497 e. The highest BCUT2D eigenvalue weighted by molar-refractivity contribution is 5.70. The minimum atomic E-state index is 0.860. The van der Waals surface area contributed by atoms with Gasteiger partial charge in [0.15, 0.2) is 0 Å². The smallest absolute Gasteiger partial charge is 0.118 e. The Hall–Kier alpha value is -2.74. The summed E-state index contributed by atoms with van der Waals surface area (Å²) in [7, 11) is 3.34. The monoisotopic (exact) mass is 289 g/mol. The van der Waals surface area contributed by atoms with Crippen molar-refractivity contribution in [3.05, 3.63) is 72.8 Å². The predicted molar refractivity (Wildman–Crippen MR) is 89.3 cm³/mol. The first-order valence-electron chi connectivity index (χ1n) is 7.11. The molecule has 3 aromatic carbocycles. The van der Waals surface area contributed by atoms with Gasteiger partial charge in [0, 0.05) is 0 Å². The average Bonchev–Trinajstić information content (AvgIpc) is 2.62. The zero-order valence-corrected chi connectivity index (χ0v) is 12.7. The first-order chi connectivity index (χ1) is 10.8. The van der Waals surface area contributed by atoms with Gasteiger partial charge in [-0.1, -0.05) is 36.4 Å². The molecule has 0 saturated carbocycles. The van der Waals surface area contributed by atoms with Gasteiger partial charge < -0.3 is 9.47 Å². The zero-order valence-electron chi connectivity index (χ0n) is 12.7. The molecule has 0 aromatic heterocycles. The summed E-state index contributed by atoms with van der Waals surface area (Å²) in [5, 5.41) is 0. The molecule has 3 rings (SSSR count). The largest absolute Gasteiger partial charge is 0.497 e. The van der Waals surface area contributed by atoms with Crippen LogP contribution in [0.1, 0.15) is 0 Å². The van der Waals surface area contributed by atoms with E-state index in [9.17, 15) is 0 Å². The van der Waals surface area contributed by atoms with Gasteiger partial charge in [0.25, 0.3) is 0 Å². The zero-order chi connectivity index (χ0) is 15.4. The number of ether oxygens (including phenoxy) is 2. The van der Waals surface area contributed by atoms with E-state index in [1.54, 1.807) is 14.2 Å². The summed E-state index contributed by atoms with van der Waals surface area (Å²) in [4.78, 5) is 0. The molecule has 0 saturated heterocycles. The minimum absolute atomic E-state index is 0.860. The molecule has 0 N–H and O–H groups in total. The van der Waals surface area contributed by atoms with Crippen LogP contribution in [0.4, 0.5) is 0 Å². The molecule has 0 heterocycles. The van der Waals surface area contributed by atoms with E-state index in [0.29, 0.717) is 0 Å².